The first-order chi connectivity index (χ1) is 33.3. The Morgan fingerprint density at radius 2 is 0.972 bits per heavy atom. The minimum absolute atomic E-state index is 0. The van der Waals surface area contributed by atoms with Crippen molar-refractivity contribution in [1.29, 1.82) is 0 Å². The molecule has 0 amide bonds. The van der Waals surface area contributed by atoms with Gasteiger partial charge in [-0.1, -0.05) is 75.9 Å². The van der Waals surface area contributed by atoms with Gasteiger partial charge in [0.1, 0.15) is 18.1 Å². The average Bonchev–Trinajstić information content (AvgIpc) is 3.32. The lowest BCUT2D eigenvalue weighted by Gasteiger charge is -2.28. The van der Waals surface area contributed by atoms with E-state index in [2.05, 4.69) is 19.4 Å². The molecular formula is C54H56F6N4O6S2. The Labute approximate surface area is 417 Å². The Kier molecular flexibility index (Phi) is 17.6. The maximum atomic E-state index is 13.6. The predicted molar refractivity (Wildman–Crippen MR) is 267 cm³/mol. The molecule has 18 heteroatoms. The largest absolute Gasteiger partial charge is 0.508 e. The number of alkyl halides is 6. The second kappa shape index (κ2) is 22.4. The molecule has 0 aliphatic heterocycles. The van der Waals surface area contributed by atoms with E-state index in [0.717, 1.165) is 76.2 Å². The first kappa shape index (κ1) is 56.3. The van der Waals surface area contributed by atoms with E-state index in [0.29, 0.717) is 28.9 Å². The van der Waals surface area contributed by atoms with Gasteiger partial charge in [-0.15, -0.1) is 0 Å². The SMILES string of the molecule is C.CCc1cnccc1-c1cc(O)cc(C(C)(C)NS(=O)(=O)c2ccccc2C(F)(F)F)c1.CCc1cnccc1-c1cc(OCc2ccccc2)cc(C(C)(C)NS(=O)(=O)c2ccccc2C(F)(F)F)c1. The number of pyridine rings is 2. The number of benzene rings is 5. The Hall–Kier alpha value is -6.60. The van der Waals surface area contributed by atoms with Crippen LogP contribution in [-0.4, -0.2) is 31.9 Å². The number of rotatable bonds is 15. The van der Waals surface area contributed by atoms with Crippen molar-refractivity contribution in [2.45, 2.75) is 102 Å². The topological polar surface area (TPSA) is 148 Å². The molecule has 0 aliphatic rings. The number of ether oxygens (including phenoxy) is 1. The number of phenolic OH excluding ortho intramolecular Hbond substituents is 1. The zero-order valence-electron chi connectivity index (χ0n) is 39.5. The summed E-state index contributed by atoms with van der Waals surface area (Å²) in [6.45, 7) is 10.5. The van der Waals surface area contributed by atoms with Crippen molar-refractivity contribution in [3.05, 3.63) is 191 Å². The van der Waals surface area contributed by atoms with Crippen molar-refractivity contribution in [3.63, 3.8) is 0 Å². The Morgan fingerprint density at radius 3 is 1.42 bits per heavy atom. The van der Waals surface area contributed by atoms with Gasteiger partial charge in [0.2, 0.25) is 20.0 Å². The molecule has 3 N–H and O–H groups in total. The second-order valence-corrected chi connectivity index (χ2v) is 20.8. The monoisotopic (exact) mass is 1030 g/mol. The van der Waals surface area contributed by atoms with Gasteiger partial charge in [-0.2, -0.15) is 26.3 Å². The van der Waals surface area contributed by atoms with Crippen LogP contribution in [0.25, 0.3) is 22.3 Å². The molecule has 0 radical (unpaired) electrons. The van der Waals surface area contributed by atoms with Crippen molar-refractivity contribution in [2.24, 2.45) is 0 Å². The molecule has 72 heavy (non-hydrogen) atoms. The summed E-state index contributed by atoms with van der Waals surface area (Å²) < 4.78 is 144. The highest BCUT2D eigenvalue weighted by Gasteiger charge is 2.40. The fourth-order valence-corrected chi connectivity index (χ4v) is 11.1. The fourth-order valence-electron chi connectivity index (χ4n) is 7.82. The third kappa shape index (κ3) is 13.7. The van der Waals surface area contributed by atoms with Gasteiger partial charge in [0.05, 0.1) is 32.0 Å². The Balaban J connectivity index is 0.000000269. The van der Waals surface area contributed by atoms with E-state index < -0.39 is 64.4 Å². The minimum atomic E-state index is -4.83. The molecule has 5 aromatic carbocycles. The molecule has 0 saturated carbocycles. The number of nitrogens with zero attached hydrogens (tertiary/aromatic N) is 2. The number of aryl methyl sites for hydroxylation is 2. The highest BCUT2D eigenvalue weighted by atomic mass is 32.2. The number of sulfonamides is 2. The van der Waals surface area contributed by atoms with Gasteiger partial charge in [-0.25, -0.2) is 26.3 Å². The van der Waals surface area contributed by atoms with Crippen LogP contribution in [0.2, 0.25) is 0 Å². The molecule has 0 spiro atoms. The lowest BCUT2D eigenvalue weighted by Crippen LogP contribution is -2.41. The van der Waals surface area contributed by atoms with Crippen LogP contribution < -0.4 is 14.2 Å². The number of halogens is 6. The molecule has 0 unspecified atom stereocenters. The number of aromatic nitrogens is 2. The lowest BCUT2D eigenvalue weighted by molar-refractivity contribution is -0.140. The van der Waals surface area contributed by atoms with Crippen LogP contribution >= 0.6 is 0 Å². The van der Waals surface area contributed by atoms with E-state index in [1.807, 2.05) is 62.4 Å². The van der Waals surface area contributed by atoms with Crippen molar-refractivity contribution in [2.75, 3.05) is 0 Å². The van der Waals surface area contributed by atoms with Gasteiger partial charge < -0.3 is 9.84 Å². The number of hydrogen-bond acceptors (Lipinski definition) is 8. The lowest BCUT2D eigenvalue weighted by atomic mass is 9.90. The minimum Gasteiger partial charge on any atom is -0.508 e. The number of aromatic hydroxyl groups is 1. The second-order valence-electron chi connectivity index (χ2n) is 17.5. The highest BCUT2D eigenvalue weighted by molar-refractivity contribution is 7.89. The zero-order valence-corrected chi connectivity index (χ0v) is 41.2. The Morgan fingerprint density at radius 1 is 0.556 bits per heavy atom. The van der Waals surface area contributed by atoms with Crippen LogP contribution in [0.15, 0.2) is 162 Å². The molecule has 10 nitrogen and oxygen atoms in total. The zero-order chi connectivity index (χ0) is 52.0. The quantitative estimate of drug-likeness (QED) is 0.0860. The standard InChI is InChI=1S/C30H29F3N2O3S.C23H23F3N2O3S.CH4/c1-4-22-19-34-15-14-26(22)23-16-24(18-25(17-23)38-20-21-10-6-5-7-11-21)29(2,3)35-39(36,37)28-13-9-8-12-27(28)30(31,32)33;1-4-15-14-27-10-9-19(15)16-11-17(13-18(29)12-16)22(2,3)28-32(30,31)21-8-6-5-7-20(21)23(24,25)26;/h5-19,35H,4,20H2,1-3H3;5-14,28-29H,4H2,1-3H3;1H4. The van der Waals surface area contributed by atoms with Crippen LogP contribution in [0.4, 0.5) is 26.3 Å². The van der Waals surface area contributed by atoms with Crippen LogP contribution in [0.5, 0.6) is 11.5 Å². The summed E-state index contributed by atoms with van der Waals surface area (Å²) in [5, 5.41) is 10.3. The smallest absolute Gasteiger partial charge is 0.417 e. The highest BCUT2D eigenvalue weighted by Crippen LogP contribution is 2.39. The summed E-state index contributed by atoms with van der Waals surface area (Å²) in [7, 11) is -9.10. The summed E-state index contributed by atoms with van der Waals surface area (Å²) in [6.07, 6.45) is -1.48. The van der Waals surface area contributed by atoms with Gasteiger partial charge >= 0.3 is 12.4 Å². The molecule has 0 fully saturated rings. The van der Waals surface area contributed by atoms with Crippen molar-refractivity contribution in [1.82, 2.24) is 19.4 Å². The van der Waals surface area contributed by atoms with E-state index in [4.69, 9.17) is 4.74 Å². The van der Waals surface area contributed by atoms with Crippen LogP contribution in [0, 0.1) is 0 Å². The summed E-state index contributed by atoms with van der Waals surface area (Å²) >= 11 is 0. The predicted octanol–water partition coefficient (Wildman–Crippen LogP) is 13.0. The van der Waals surface area contributed by atoms with E-state index in [1.54, 1.807) is 62.9 Å². The molecule has 2 aromatic heterocycles. The maximum absolute atomic E-state index is 13.6. The summed E-state index contributed by atoms with van der Waals surface area (Å²) in [5.41, 5.74) is 1.83. The Bertz CT molecular complexity index is 3220. The summed E-state index contributed by atoms with van der Waals surface area (Å²) in [4.78, 5) is 6.62. The fraction of sp³-hybridized carbons (Fsp3) is 0.259. The molecule has 7 aromatic rings. The van der Waals surface area contributed by atoms with E-state index in [9.17, 15) is 48.3 Å². The third-order valence-corrected chi connectivity index (χ3v) is 14.9. The van der Waals surface area contributed by atoms with Gasteiger partial charge in [0.25, 0.3) is 0 Å². The number of hydrogen-bond donors (Lipinski definition) is 3. The maximum Gasteiger partial charge on any atom is 0.417 e. The van der Waals surface area contributed by atoms with Gasteiger partial charge in [0.15, 0.2) is 0 Å². The van der Waals surface area contributed by atoms with Crippen molar-refractivity contribution >= 4 is 20.0 Å². The normalized spacial score (nSPS) is 12.3. The molecular weight excluding hydrogens is 979 g/mol. The van der Waals surface area contributed by atoms with E-state index >= 15 is 0 Å². The van der Waals surface area contributed by atoms with Gasteiger partial charge in [-0.05, 0) is 163 Å². The molecule has 0 aliphatic carbocycles. The first-order valence-corrected chi connectivity index (χ1v) is 25.2. The first-order valence-electron chi connectivity index (χ1n) is 22.2. The van der Waals surface area contributed by atoms with E-state index in [1.165, 1.54) is 32.0 Å². The molecule has 0 saturated heterocycles. The molecule has 382 valence electrons. The third-order valence-electron chi connectivity index (χ3n) is 11.4. The van der Waals surface area contributed by atoms with E-state index in [-0.39, 0.29) is 19.8 Å². The average molecular weight is 1040 g/mol. The molecule has 0 atom stereocenters. The number of nitrogens with one attached hydrogen (secondary N) is 2. The van der Waals surface area contributed by atoms with Crippen molar-refractivity contribution in [3.8, 4) is 33.8 Å². The van der Waals surface area contributed by atoms with Crippen molar-refractivity contribution < 1.29 is 53.0 Å². The summed E-state index contributed by atoms with van der Waals surface area (Å²) in [6, 6.07) is 31.4. The molecule has 2 heterocycles. The van der Waals surface area contributed by atoms with Crippen LogP contribution in [0.1, 0.15) is 87.9 Å². The molecule has 7 rings (SSSR count). The van der Waals surface area contributed by atoms with Gasteiger partial charge in [-0.3, -0.25) is 9.97 Å². The number of phenols is 1. The van der Waals surface area contributed by atoms with Crippen LogP contribution in [-0.2, 0) is 62.9 Å². The van der Waals surface area contributed by atoms with Gasteiger partial charge in [0, 0.05) is 24.8 Å². The summed E-state index contributed by atoms with van der Waals surface area (Å²) in [5.74, 6) is 0.396. The van der Waals surface area contributed by atoms with Crippen LogP contribution in [0.3, 0.4) is 0 Å². The molecule has 0 bridgehead atoms.